The maximum absolute atomic E-state index is 4.40. The minimum Gasteiger partial charge on any atom is -0.143 e. The fraction of sp³-hybridized carbons (Fsp3) is 0. The Morgan fingerprint density at radius 3 is 0.741 bits per heavy atom. The Morgan fingerprint density at radius 2 is 0.519 bits per heavy atom. The van der Waals surface area contributed by atoms with Gasteiger partial charge in [-0.3, -0.25) is 0 Å². The molecule has 0 atom stereocenters. The van der Waals surface area contributed by atoms with Gasteiger partial charge in [0, 0.05) is 14.7 Å². The maximum atomic E-state index is 4.40. The fourth-order valence-electron chi connectivity index (χ4n) is 3.09. The SMILES string of the molecule is Sc1ccc(-c2cc(-c3ccc(S)cc3)cc(-c3ccc(S)cc3)c2)cc1. The van der Waals surface area contributed by atoms with Crippen LogP contribution in [0.3, 0.4) is 0 Å². The zero-order valence-corrected chi connectivity index (χ0v) is 17.2. The van der Waals surface area contributed by atoms with Gasteiger partial charge in [-0.15, -0.1) is 37.9 Å². The van der Waals surface area contributed by atoms with E-state index in [9.17, 15) is 0 Å². The van der Waals surface area contributed by atoms with E-state index in [0.717, 1.165) is 14.7 Å². The predicted molar refractivity (Wildman–Crippen MR) is 125 cm³/mol. The lowest BCUT2D eigenvalue weighted by molar-refractivity contribution is 1.45. The molecule has 0 unspecified atom stereocenters. The normalized spacial score (nSPS) is 10.8. The smallest absolute Gasteiger partial charge is 0.00404 e. The standard InChI is InChI=1S/C24H18S3/c25-22-7-1-16(2-8-22)19-13-20(17-3-9-23(26)10-4-17)15-21(14-19)18-5-11-24(27)12-6-18/h1-15,25-27H. The average molecular weight is 403 g/mol. The Kier molecular flexibility index (Phi) is 5.35. The van der Waals surface area contributed by atoms with E-state index in [1.54, 1.807) is 0 Å². The molecule has 0 heterocycles. The molecule has 0 bridgehead atoms. The van der Waals surface area contributed by atoms with E-state index >= 15 is 0 Å². The number of thiol groups is 3. The van der Waals surface area contributed by atoms with Gasteiger partial charge in [-0.05, 0) is 88.0 Å². The average Bonchev–Trinajstić information content (AvgIpc) is 2.69. The second kappa shape index (κ2) is 7.89. The topological polar surface area (TPSA) is 0 Å². The molecule has 27 heavy (non-hydrogen) atoms. The summed E-state index contributed by atoms with van der Waals surface area (Å²) in [7, 11) is 0. The number of benzene rings is 4. The molecule has 0 aromatic heterocycles. The van der Waals surface area contributed by atoms with Crippen LogP contribution < -0.4 is 0 Å². The first-order valence-corrected chi connectivity index (χ1v) is 9.96. The van der Waals surface area contributed by atoms with Crippen LogP contribution in [0.25, 0.3) is 33.4 Å². The summed E-state index contributed by atoms with van der Waals surface area (Å²) in [6, 6.07) is 31.5. The Bertz CT molecular complexity index is 910. The first kappa shape index (κ1) is 18.3. The predicted octanol–water partition coefficient (Wildman–Crippen LogP) is 7.55. The van der Waals surface area contributed by atoms with Crippen molar-refractivity contribution < 1.29 is 0 Å². The molecule has 4 rings (SSSR count). The Morgan fingerprint density at radius 1 is 0.296 bits per heavy atom. The van der Waals surface area contributed by atoms with Gasteiger partial charge < -0.3 is 0 Å². The van der Waals surface area contributed by atoms with Crippen LogP contribution in [0.15, 0.2) is 106 Å². The lowest BCUT2D eigenvalue weighted by atomic mass is 9.93. The van der Waals surface area contributed by atoms with Gasteiger partial charge >= 0.3 is 0 Å². The van der Waals surface area contributed by atoms with E-state index in [2.05, 4.69) is 92.5 Å². The van der Waals surface area contributed by atoms with E-state index in [1.807, 2.05) is 36.4 Å². The summed E-state index contributed by atoms with van der Waals surface area (Å²) in [5.41, 5.74) is 7.06. The molecule has 0 aliphatic rings. The lowest BCUT2D eigenvalue weighted by Crippen LogP contribution is -1.86. The van der Waals surface area contributed by atoms with E-state index in [1.165, 1.54) is 33.4 Å². The molecule has 0 radical (unpaired) electrons. The van der Waals surface area contributed by atoms with Crippen LogP contribution in [-0.4, -0.2) is 0 Å². The minimum atomic E-state index is 0.962. The van der Waals surface area contributed by atoms with Crippen LogP contribution in [0.2, 0.25) is 0 Å². The molecule has 0 fully saturated rings. The molecular formula is C24H18S3. The zero-order chi connectivity index (χ0) is 18.8. The number of hydrogen-bond acceptors (Lipinski definition) is 3. The van der Waals surface area contributed by atoms with Crippen molar-refractivity contribution in [2.45, 2.75) is 14.7 Å². The maximum Gasteiger partial charge on any atom is 0.00404 e. The largest absolute Gasteiger partial charge is 0.143 e. The van der Waals surface area contributed by atoms with Crippen LogP contribution in [0.4, 0.5) is 0 Å². The van der Waals surface area contributed by atoms with Gasteiger partial charge in [0.15, 0.2) is 0 Å². The highest BCUT2D eigenvalue weighted by Gasteiger charge is 2.08. The molecule has 0 amide bonds. The minimum absolute atomic E-state index is 0.962. The molecule has 0 aliphatic heterocycles. The van der Waals surface area contributed by atoms with Crippen molar-refractivity contribution in [2.24, 2.45) is 0 Å². The third-order valence-electron chi connectivity index (χ3n) is 4.53. The molecule has 0 nitrogen and oxygen atoms in total. The molecule has 132 valence electrons. The molecule has 0 N–H and O–H groups in total. The van der Waals surface area contributed by atoms with Crippen molar-refractivity contribution in [2.75, 3.05) is 0 Å². The molecule has 4 aromatic carbocycles. The first-order chi connectivity index (χ1) is 13.1. The van der Waals surface area contributed by atoms with Gasteiger partial charge in [0.05, 0.1) is 0 Å². The summed E-state index contributed by atoms with van der Waals surface area (Å²) in [5, 5.41) is 0. The van der Waals surface area contributed by atoms with E-state index < -0.39 is 0 Å². The highest BCUT2D eigenvalue weighted by molar-refractivity contribution is 7.80. The van der Waals surface area contributed by atoms with Crippen molar-refractivity contribution in [3.63, 3.8) is 0 Å². The van der Waals surface area contributed by atoms with Crippen molar-refractivity contribution in [3.05, 3.63) is 91.0 Å². The molecule has 3 heteroatoms. The second-order valence-corrected chi connectivity index (χ2v) is 7.99. The third kappa shape index (κ3) is 4.27. The van der Waals surface area contributed by atoms with Crippen molar-refractivity contribution in [3.8, 4) is 33.4 Å². The van der Waals surface area contributed by atoms with Gasteiger partial charge in [0.2, 0.25) is 0 Å². The monoisotopic (exact) mass is 402 g/mol. The fourth-order valence-corrected chi connectivity index (χ4v) is 3.54. The van der Waals surface area contributed by atoms with Crippen LogP contribution in [0.1, 0.15) is 0 Å². The van der Waals surface area contributed by atoms with Gasteiger partial charge in [0.1, 0.15) is 0 Å². The van der Waals surface area contributed by atoms with Crippen molar-refractivity contribution >= 4 is 37.9 Å². The van der Waals surface area contributed by atoms with E-state index in [0.29, 0.717) is 0 Å². The highest BCUT2D eigenvalue weighted by Crippen LogP contribution is 2.33. The number of hydrogen-bond donors (Lipinski definition) is 3. The van der Waals surface area contributed by atoms with Gasteiger partial charge in [0.25, 0.3) is 0 Å². The first-order valence-electron chi connectivity index (χ1n) is 8.62. The van der Waals surface area contributed by atoms with Crippen LogP contribution in [-0.2, 0) is 0 Å². The summed E-state index contributed by atoms with van der Waals surface area (Å²) >= 11 is 13.2. The third-order valence-corrected chi connectivity index (χ3v) is 5.43. The van der Waals surface area contributed by atoms with Gasteiger partial charge in [-0.1, -0.05) is 36.4 Å². The molecule has 0 spiro atoms. The zero-order valence-electron chi connectivity index (χ0n) is 14.5. The summed E-state index contributed by atoms with van der Waals surface area (Å²) in [4.78, 5) is 2.89. The quantitative estimate of drug-likeness (QED) is 0.289. The Labute approximate surface area is 176 Å². The van der Waals surface area contributed by atoms with Gasteiger partial charge in [-0.25, -0.2) is 0 Å². The molecular weight excluding hydrogens is 384 g/mol. The lowest BCUT2D eigenvalue weighted by Gasteiger charge is -2.12. The molecule has 4 aromatic rings. The van der Waals surface area contributed by atoms with E-state index in [4.69, 9.17) is 0 Å². The second-order valence-electron chi connectivity index (χ2n) is 6.44. The Balaban J connectivity index is 1.89. The Hall–Kier alpha value is -2.07. The van der Waals surface area contributed by atoms with Crippen molar-refractivity contribution in [1.29, 1.82) is 0 Å². The van der Waals surface area contributed by atoms with Crippen LogP contribution >= 0.6 is 37.9 Å². The van der Waals surface area contributed by atoms with Crippen molar-refractivity contribution in [1.82, 2.24) is 0 Å². The highest BCUT2D eigenvalue weighted by atomic mass is 32.1. The summed E-state index contributed by atoms with van der Waals surface area (Å²) in [6.07, 6.45) is 0. The summed E-state index contributed by atoms with van der Waals surface area (Å²) in [6.45, 7) is 0. The van der Waals surface area contributed by atoms with Crippen LogP contribution in [0, 0.1) is 0 Å². The molecule has 0 aliphatic carbocycles. The number of rotatable bonds is 3. The van der Waals surface area contributed by atoms with E-state index in [-0.39, 0.29) is 0 Å². The summed E-state index contributed by atoms with van der Waals surface area (Å²) < 4.78 is 0. The van der Waals surface area contributed by atoms with Gasteiger partial charge in [-0.2, -0.15) is 0 Å². The molecule has 0 saturated carbocycles. The molecule has 0 saturated heterocycles. The van der Waals surface area contributed by atoms with Crippen LogP contribution in [0.5, 0.6) is 0 Å². The summed E-state index contributed by atoms with van der Waals surface area (Å²) in [5.74, 6) is 0.